The summed E-state index contributed by atoms with van der Waals surface area (Å²) in [5.41, 5.74) is 0.296. The second-order valence-electron chi connectivity index (χ2n) is 6.31. The van der Waals surface area contributed by atoms with Crippen molar-refractivity contribution in [2.45, 2.75) is 45.1 Å². The zero-order valence-electron chi connectivity index (χ0n) is 13.0. The van der Waals surface area contributed by atoms with Crippen LogP contribution in [0.5, 0.6) is 0 Å². The van der Waals surface area contributed by atoms with Crippen molar-refractivity contribution in [2.24, 2.45) is 11.8 Å². The predicted molar refractivity (Wildman–Crippen MR) is 86.6 cm³/mol. The molecule has 4 heteroatoms. The van der Waals surface area contributed by atoms with Crippen molar-refractivity contribution in [3.05, 3.63) is 29.3 Å². The molecule has 1 saturated carbocycles. The van der Waals surface area contributed by atoms with Gasteiger partial charge in [-0.25, -0.2) is 4.79 Å². The molecule has 1 N–H and O–H groups in total. The number of hydrogen-bond donors (Lipinski definition) is 1. The van der Waals surface area contributed by atoms with Crippen LogP contribution in [-0.2, 0) is 9.53 Å². The summed E-state index contributed by atoms with van der Waals surface area (Å²) in [6.07, 6.45) is 3.85. The summed E-state index contributed by atoms with van der Waals surface area (Å²) in [6, 6.07) is 7.48. The van der Waals surface area contributed by atoms with Gasteiger partial charge in [0, 0.05) is 10.7 Å². The topological polar surface area (TPSA) is 38.3 Å². The summed E-state index contributed by atoms with van der Waals surface area (Å²) in [7, 11) is 1.46. The number of benzene rings is 1. The maximum Gasteiger partial charge on any atom is 0.331 e. The fraction of sp³-hybridized carbons (Fsp3) is 0.588. The zero-order valence-corrected chi connectivity index (χ0v) is 13.7. The minimum atomic E-state index is -0.615. The van der Waals surface area contributed by atoms with Gasteiger partial charge < -0.3 is 10.1 Å². The summed E-state index contributed by atoms with van der Waals surface area (Å²) >= 11 is 5.92. The molecule has 1 aliphatic rings. The SMILES string of the molecule is COC(=O)C1(Nc2ccc(Cl)cc2)CCCC(C(C)C)C1. The first-order valence-corrected chi connectivity index (χ1v) is 7.97. The Bertz CT molecular complexity index is 486. The average molecular weight is 310 g/mol. The van der Waals surface area contributed by atoms with Crippen LogP contribution in [0.2, 0.25) is 5.02 Å². The Labute approximate surface area is 132 Å². The maximum absolute atomic E-state index is 12.4. The molecule has 3 nitrogen and oxygen atoms in total. The first-order chi connectivity index (χ1) is 9.97. The van der Waals surface area contributed by atoms with E-state index in [0.29, 0.717) is 16.9 Å². The Morgan fingerprint density at radius 2 is 2.05 bits per heavy atom. The van der Waals surface area contributed by atoms with Crippen molar-refractivity contribution in [3.63, 3.8) is 0 Å². The molecular weight excluding hydrogens is 286 g/mol. The highest BCUT2D eigenvalue weighted by atomic mass is 35.5. The lowest BCUT2D eigenvalue weighted by Gasteiger charge is -2.41. The number of hydrogen-bond acceptors (Lipinski definition) is 3. The lowest BCUT2D eigenvalue weighted by Crippen LogP contribution is -2.51. The highest BCUT2D eigenvalue weighted by molar-refractivity contribution is 6.30. The molecule has 0 aliphatic heterocycles. The molecule has 1 aromatic carbocycles. The van der Waals surface area contributed by atoms with Crippen LogP contribution in [0.3, 0.4) is 0 Å². The van der Waals surface area contributed by atoms with E-state index in [2.05, 4.69) is 19.2 Å². The largest absolute Gasteiger partial charge is 0.467 e. The number of carbonyl (C=O) groups is 1. The van der Waals surface area contributed by atoms with E-state index in [1.807, 2.05) is 24.3 Å². The van der Waals surface area contributed by atoms with E-state index in [9.17, 15) is 4.79 Å². The van der Waals surface area contributed by atoms with Gasteiger partial charge in [0.2, 0.25) is 0 Å². The Kier molecular flexibility index (Phi) is 5.15. The van der Waals surface area contributed by atoms with Crippen molar-refractivity contribution in [2.75, 3.05) is 12.4 Å². The van der Waals surface area contributed by atoms with Gasteiger partial charge in [0.25, 0.3) is 0 Å². The van der Waals surface area contributed by atoms with Crippen molar-refractivity contribution < 1.29 is 9.53 Å². The number of anilines is 1. The van der Waals surface area contributed by atoms with Crippen molar-refractivity contribution >= 4 is 23.3 Å². The van der Waals surface area contributed by atoms with Gasteiger partial charge in [-0.3, -0.25) is 0 Å². The van der Waals surface area contributed by atoms with Gasteiger partial charge in [-0.05, 0) is 55.4 Å². The Hall–Kier alpha value is -1.22. The van der Waals surface area contributed by atoms with Crippen LogP contribution in [-0.4, -0.2) is 18.6 Å². The standard InChI is InChI=1S/C17H24ClNO2/c1-12(2)13-5-4-10-17(11-13,16(20)21-3)19-15-8-6-14(18)7-9-15/h6-9,12-13,19H,4-5,10-11H2,1-3H3. The summed E-state index contributed by atoms with van der Waals surface area (Å²) in [4.78, 5) is 12.4. The number of methoxy groups -OCH3 is 1. The normalized spacial score (nSPS) is 25.7. The van der Waals surface area contributed by atoms with Crippen LogP contribution in [0, 0.1) is 11.8 Å². The summed E-state index contributed by atoms with van der Waals surface area (Å²) < 4.78 is 5.09. The van der Waals surface area contributed by atoms with Crippen LogP contribution in [0.15, 0.2) is 24.3 Å². The molecule has 0 bridgehead atoms. The smallest absolute Gasteiger partial charge is 0.331 e. The molecule has 0 amide bonds. The number of esters is 1. The maximum atomic E-state index is 12.4. The molecule has 2 atom stereocenters. The van der Waals surface area contributed by atoms with E-state index in [-0.39, 0.29) is 5.97 Å². The van der Waals surface area contributed by atoms with E-state index in [0.717, 1.165) is 24.9 Å². The third-order valence-electron chi connectivity index (χ3n) is 4.54. The summed E-state index contributed by atoms with van der Waals surface area (Å²) in [6.45, 7) is 4.45. The molecule has 116 valence electrons. The molecule has 1 aromatic rings. The molecule has 1 aliphatic carbocycles. The van der Waals surface area contributed by atoms with E-state index in [1.165, 1.54) is 13.5 Å². The van der Waals surface area contributed by atoms with Gasteiger partial charge in [0.15, 0.2) is 0 Å². The lowest BCUT2D eigenvalue weighted by atomic mass is 9.71. The van der Waals surface area contributed by atoms with Gasteiger partial charge >= 0.3 is 5.97 Å². The first kappa shape index (κ1) is 16.2. The quantitative estimate of drug-likeness (QED) is 0.832. The molecule has 0 saturated heterocycles. The second-order valence-corrected chi connectivity index (χ2v) is 6.74. The predicted octanol–water partition coefficient (Wildman–Crippen LogP) is 4.51. The number of rotatable bonds is 4. The monoisotopic (exact) mass is 309 g/mol. The average Bonchev–Trinajstić information content (AvgIpc) is 2.49. The van der Waals surface area contributed by atoms with Crippen LogP contribution in [0.1, 0.15) is 39.5 Å². The number of halogens is 1. The molecule has 0 spiro atoms. The minimum absolute atomic E-state index is 0.164. The molecule has 2 unspecified atom stereocenters. The highest BCUT2D eigenvalue weighted by Crippen LogP contribution is 2.39. The van der Waals surface area contributed by atoms with Crippen LogP contribution < -0.4 is 5.32 Å². The van der Waals surface area contributed by atoms with E-state index >= 15 is 0 Å². The zero-order chi connectivity index (χ0) is 15.5. The Morgan fingerprint density at radius 1 is 1.38 bits per heavy atom. The third kappa shape index (κ3) is 3.70. The fourth-order valence-electron chi connectivity index (χ4n) is 3.24. The van der Waals surface area contributed by atoms with Crippen molar-refractivity contribution in [1.29, 1.82) is 0 Å². The van der Waals surface area contributed by atoms with Gasteiger partial charge in [0.1, 0.15) is 5.54 Å². The first-order valence-electron chi connectivity index (χ1n) is 7.59. The minimum Gasteiger partial charge on any atom is -0.467 e. The highest BCUT2D eigenvalue weighted by Gasteiger charge is 2.44. The van der Waals surface area contributed by atoms with Crippen LogP contribution in [0.25, 0.3) is 0 Å². The molecule has 0 heterocycles. The molecule has 21 heavy (non-hydrogen) atoms. The molecule has 1 fully saturated rings. The van der Waals surface area contributed by atoms with Gasteiger partial charge in [-0.1, -0.05) is 31.9 Å². The number of carbonyl (C=O) groups excluding carboxylic acids is 1. The van der Waals surface area contributed by atoms with Gasteiger partial charge in [-0.2, -0.15) is 0 Å². The summed E-state index contributed by atoms with van der Waals surface area (Å²) in [5, 5.41) is 4.12. The molecule has 0 aromatic heterocycles. The third-order valence-corrected chi connectivity index (χ3v) is 4.79. The van der Waals surface area contributed by atoms with E-state index in [1.54, 1.807) is 0 Å². The summed E-state index contributed by atoms with van der Waals surface area (Å²) in [5.74, 6) is 0.946. The fourth-order valence-corrected chi connectivity index (χ4v) is 3.37. The second kappa shape index (κ2) is 6.69. The number of ether oxygens (including phenoxy) is 1. The van der Waals surface area contributed by atoms with Crippen LogP contribution >= 0.6 is 11.6 Å². The van der Waals surface area contributed by atoms with E-state index < -0.39 is 5.54 Å². The molecular formula is C17H24ClNO2. The lowest BCUT2D eigenvalue weighted by molar-refractivity contribution is -0.148. The van der Waals surface area contributed by atoms with Crippen molar-refractivity contribution in [1.82, 2.24) is 0 Å². The van der Waals surface area contributed by atoms with Gasteiger partial charge in [-0.15, -0.1) is 0 Å². The number of nitrogens with one attached hydrogen (secondary N) is 1. The van der Waals surface area contributed by atoms with Crippen molar-refractivity contribution in [3.8, 4) is 0 Å². The Morgan fingerprint density at radius 3 is 2.62 bits per heavy atom. The Balaban J connectivity index is 2.24. The van der Waals surface area contributed by atoms with Gasteiger partial charge in [0.05, 0.1) is 7.11 Å². The van der Waals surface area contributed by atoms with Crippen LogP contribution in [0.4, 0.5) is 5.69 Å². The molecule has 2 rings (SSSR count). The molecule has 0 radical (unpaired) electrons. The van der Waals surface area contributed by atoms with E-state index in [4.69, 9.17) is 16.3 Å².